The summed E-state index contributed by atoms with van der Waals surface area (Å²) in [6.07, 6.45) is 0. The van der Waals surface area contributed by atoms with Crippen LogP contribution in [0.25, 0.3) is 0 Å². The maximum atomic E-state index is 12.2. The third-order valence-corrected chi connectivity index (χ3v) is 3.06. The normalized spacial score (nSPS) is 12.1. The highest BCUT2D eigenvalue weighted by Crippen LogP contribution is 2.23. The molecule has 0 spiro atoms. The van der Waals surface area contributed by atoms with Crippen LogP contribution in [-0.2, 0) is 10.2 Å². The average Bonchev–Trinajstić information content (AvgIpc) is 2.26. The van der Waals surface area contributed by atoms with E-state index >= 15 is 0 Å². The quantitative estimate of drug-likeness (QED) is 0.837. The number of carbonyl (C=O) groups is 2. The molecule has 5 nitrogen and oxygen atoms in total. The SMILES string of the molecule is CC(C)(NC(=O)c1cc(Cl)nc(C(C)(C)C)c1)C(N)=O. The van der Waals surface area contributed by atoms with Gasteiger partial charge in [0.2, 0.25) is 5.91 Å². The Morgan fingerprint density at radius 3 is 2.20 bits per heavy atom. The number of primary amides is 1. The minimum Gasteiger partial charge on any atom is -0.368 e. The van der Waals surface area contributed by atoms with Crippen molar-refractivity contribution in [1.29, 1.82) is 0 Å². The van der Waals surface area contributed by atoms with Crippen LogP contribution in [0.1, 0.15) is 50.7 Å². The number of hydrogen-bond acceptors (Lipinski definition) is 3. The Morgan fingerprint density at radius 2 is 1.75 bits per heavy atom. The molecule has 110 valence electrons. The number of hydrogen-bond donors (Lipinski definition) is 2. The van der Waals surface area contributed by atoms with Gasteiger partial charge >= 0.3 is 0 Å². The van der Waals surface area contributed by atoms with Crippen molar-refractivity contribution in [3.63, 3.8) is 0 Å². The van der Waals surface area contributed by atoms with Gasteiger partial charge < -0.3 is 11.1 Å². The van der Waals surface area contributed by atoms with E-state index < -0.39 is 17.4 Å². The first-order valence-electron chi connectivity index (χ1n) is 6.24. The number of nitrogens with one attached hydrogen (secondary N) is 1. The van der Waals surface area contributed by atoms with E-state index in [2.05, 4.69) is 10.3 Å². The van der Waals surface area contributed by atoms with Crippen molar-refractivity contribution >= 4 is 23.4 Å². The Bertz CT molecular complexity index is 548. The van der Waals surface area contributed by atoms with E-state index in [1.807, 2.05) is 20.8 Å². The first kappa shape index (κ1) is 16.4. The molecule has 0 atom stereocenters. The van der Waals surface area contributed by atoms with Gasteiger partial charge in [-0.1, -0.05) is 32.4 Å². The van der Waals surface area contributed by atoms with Crippen molar-refractivity contribution in [2.24, 2.45) is 5.73 Å². The summed E-state index contributed by atoms with van der Waals surface area (Å²) in [6.45, 7) is 9.00. The molecule has 0 aliphatic rings. The van der Waals surface area contributed by atoms with Crippen LogP contribution in [0, 0.1) is 0 Å². The van der Waals surface area contributed by atoms with E-state index in [4.69, 9.17) is 17.3 Å². The Balaban J connectivity index is 3.12. The molecule has 1 aromatic heterocycles. The molecule has 1 heterocycles. The molecular formula is C14H20ClN3O2. The van der Waals surface area contributed by atoms with Crippen LogP contribution in [0.15, 0.2) is 12.1 Å². The number of amides is 2. The summed E-state index contributed by atoms with van der Waals surface area (Å²) in [7, 11) is 0. The number of aromatic nitrogens is 1. The molecule has 0 radical (unpaired) electrons. The predicted molar refractivity (Wildman–Crippen MR) is 78.7 cm³/mol. The van der Waals surface area contributed by atoms with Crippen molar-refractivity contribution in [3.8, 4) is 0 Å². The molecule has 2 amide bonds. The second-order valence-electron chi connectivity index (χ2n) is 6.26. The first-order chi connectivity index (χ1) is 8.93. The summed E-state index contributed by atoms with van der Waals surface area (Å²) in [5.74, 6) is -1.02. The number of rotatable bonds is 3. The second-order valence-corrected chi connectivity index (χ2v) is 6.64. The van der Waals surface area contributed by atoms with Crippen molar-refractivity contribution in [1.82, 2.24) is 10.3 Å². The van der Waals surface area contributed by atoms with E-state index in [9.17, 15) is 9.59 Å². The number of halogens is 1. The van der Waals surface area contributed by atoms with Crippen molar-refractivity contribution in [3.05, 3.63) is 28.5 Å². The lowest BCUT2D eigenvalue weighted by Gasteiger charge is -2.23. The zero-order chi connectivity index (χ0) is 15.7. The standard InChI is InChI=1S/C14H20ClN3O2/c1-13(2,3)9-6-8(7-10(15)17-9)11(19)18-14(4,5)12(16)20/h6-7H,1-5H3,(H2,16,20)(H,18,19). The largest absolute Gasteiger partial charge is 0.368 e. The molecule has 0 unspecified atom stereocenters. The van der Waals surface area contributed by atoms with Gasteiger partial charge in [0.1, 0.15) is 10.7 Å². The first-order valence-corrected chi connectivity index (χ1v) is 6.62. The van der Waals surface area contributed by atoms with Gasteiger partial charge in [0.25, 0.3) is 5.91 Å². The van der Waals surface area contributed by atoms with Gasteiger partial charge in [0.05, 0.1) is 0 Å². The molecule has 3 N–H and O–H groups in total. The molecule has 1 aromatic rings. The van der Waals surface area contributed by atoms with Crippen LogP contribution in [0.4, 0.5) is 0 Å². The highest BCUT2D eigenvalue weighted by Gasteiger charge is 2.28. The molecule has 0 aliphatic carbocycles. The van der Waals surface area contributed by atoms with E-state index in [-0.39, 0.29) is 10.6 Å². The molecule has 0 saturated carbocycles. The average molecular weight is 298 g/mol. The lowest BCUT2D eigenvalue weighted by atomic mass is 9.90. The summed E-state index contributed by atoms with van der Waals surface area (Å²) < 4.78 is 0. The predicted octanol–water partition coefficient (Wildman–Crippen LogP) is 2.03. The van der Waals surface area contributed by atoms with Crippen molar-refractivity contribution in [2.45, 2.75) is 45.6 Å². The molecule has 20 heavy (non-hydrogen) atoms. The summed E-state index contributed by atoms with van der Waals surface area (Å²) >= 11 is 5.95. The summed E-state index contributed by atoms with van der Waals surface area (Å²) in [5, 5.41) is 2.81. The van der Waals surface area contributed by atoms with Gasteiger partial charge in [0, 0.05) is 16.7 Å². The Hall–Kier alpha value is -1.62. The van der Waals surface area contributed by atoms with Crippen molar-refractivity contribution in [2.75, 3.05) is 0 Å². The highest BCUT2D eigenvalue weighted by molar-refractivity contribution is 6.29. The number of pyridine rings is 1. The molecule has 0 bridgehead atoms. The van der Waals surface area contributed by atoms with Gasteiger partial charge in [-0.15, -0.1) is 0 Å². The smallest absolute Gasteiger partial charge is 0.252 e. The molecule has 0 saturated heterocycles. The van der Waals surface area contributed by atoms with Gasteiger partial charge in [-0.05, 0) is 26.0 Å². The third kappa shape index (κ3) is 3.93. The molecule has 0 aromatic carbocycles. The topological polar surface area (TPSA) is 85.1 Å². The Morgan fingerprint density at radius 1 is 1.20 bits per heavy atom. The molecular weight excluding hydrogens is 278 g/mol. The Kier molecular flexibility index (Phi) is 4.44. The van der Waals surface area contributed by atoms with Gasteiger partial charge in [-0.25, -0.2) is 4.98 Å². The lowest BCUT2D eigenvalue weighted by molar-refractivity contribution is -0.122. The van der Waals surface area contributed by atoms with Gasteiger partial charge in [-0.2, -0.15) is 0 Å². The van der Waals surface area contributed by atoms with Crippen LogP contribution in [0.3, 0.4) is 0 Å². The lowest BCUT2D eigenvalue weighted by Crippen LogP contribution is -2.53. The number of carbonyl (C=O) groups excluding carboxylic acids is 2. The molecule has 6 heteroatoms. The summed E-state index contributed by atoms with van der Waals surface area (Å²) in [4.78, 5) is 27.7. The van der Waals surface area contributed by atoms with Crippen LogP contribution >= 0.6 is 11.6 Å². The molecule has 1 rings (SSSR count). The number of nitrogens with zero attached hydrogens (tertiary/aromatic N) is 1. The van der Waals surface area contributed by atoms with E-state index in [1.165, 1.54) is 6.07 Å². The van der Waals surface area contributed by atoms with Crippen LogP contribution in [0.5, 0.6) is 0 Å². The number of nitrogens with two attached hydrogens (primary N) is 1. The minimum absolute atomic E-state index is 0.236. The van der Waals surface area contributed by atoms with Crippen LogP contribution in [-0.4, -0.2) is 22.3 Å². The minimum atomic E-state index is -1.13. The maximum absolute atomic E-state index is 12.2. The van der Waals surface area contributed by atoms with Gasteiger partial charge in [-0.3, -0.25) is 9.59 Å². The van der Waals surface area contributed by atoms with Crippen LogP contribution in [0.2, 0.25) is 5.15 Å². The zero-order valence-corrected chi connectivity index (χ0v) is 13.1. The van der Waals surface area contributed by atoms with E-state index in [0.717, 1.165) is 0 Å². The van der Waals surface area contributed by atoms with E-state index in [0.29, 0.717) is 11.3 Å². The monoisotopic (exact) mass is 297 g/mol. The summed E-state index contributed by atoms with van der Waals surface area (Å²) in [6, 6.07) is 3.13. The van der Waals surface area contributed by atoms with Crippen molar-refractivity contribution < 1.29 is 9.59 Å². The molecule has 0 fully saturated rings. The molecule has 0 aliphatic heterocycles. The maximum Gasteiger partial charge on any atom is 0.252 e. The summed E-state index contributed by atoms with van der Waals surface area (Å²) in [5.41, 5.74) is 4.92. The van der Waals surface area contributed by atoms with Gasteiger partial charge in [0.15, 0.2) is 0 Å². The fourth-order valence-electron chi connectivity index (χ4n) is 1.43. The fraction of sp³-hybridized carbons (Fsp3) is 0.500. The highest BCUT2D eigenvalue weighted by atomic mass is 35.5. The second kappa shape index (κ2) is 5.40. The van der Waals surface area contributed by atoms with E-state index in [1.54, 1.807) is 19.9 Å². The van der Waals surface area contributed by atoms with Crippen LogP contribution < -0.4 is 11.1 Å². The fourth-order valence-corrected chi connectivity index (χ4v) is 1.64. The Labute approximate surface area is 123 Å². The zero-order valence-electron chi connectivity index (χ0n) is 12.4. The third-order valence-electron chi connectivity index (χ3n) is 2.87.